The molecule has 7 atom stereocenters. The molecule has 2 N–H and O–H groups in total. The van der Waals surface area contributed by atoms with Crippen molar-refractivity contribution in [2.24, 2.45) is 0 Å². The van der Waals surface area contributed by atoms with E-state index < -0.39 is 41.4 Å². The quantitative estimate of drug-likeness (QED) is 0.785. The van der Waals surface area contributed by atoms with E-state index in [9.17, 15) is 10.2 Å². The fraction of sp³-hybridized carbons (Fsp3) is 0.667. The van der Waals surface area contributed by atoms with Gasteiger partial charge >= 0.3 is 0 Å². The number of hydrogen-bond donors (Lipinski definition) is 2. The molecule has 2 aliphatic heterocycles. The van der Waals surface area contributed by atoms with Gasteiger partial charge in [0.05, 0.1) is 6.61 Å². The van der Waals surface area contributed by atoms with Gasteiger partial charge in [-0.05, 0) is 26.0 Å². The summed E-state index contributed by atoms with van der Waals surface area (Å²) < 4.78 is 29.1. The van der Waals surface area contributed by atoms with Gasteiger partial charge in [-0.15, -0.1) is 0 Å². The lowest BCUT2D eigenvalue weighted by molar-refractivity contribution is -0.470. The summed E-state index contributed by atoms with van der Waals surface area (Å²) in [7, 11) is 2.98. The summed E-state index contributed by atoms with van der Waals surface area (Å²) in [6, 6.07) is 9.61. The number of hydrogen-bond acceptors (Lipinski definition) is 8. The van der Waals surface area contributed by atoms with Crippen LogP contribution in [0.3, 0.4) is 0 Å². The molecule has 2 heterocycles. The molecule has 0 radical (unpaired) electrons. The Balaban J connectivity index is 1.86. The maximum Gasteiger partial charge on any atom is 0.220 e. The molecule has 2 unspecified atom stereocenters. The highest BCUT2D eigenvalue weighted by Gasteiger charge is 2.62. The molecule has 1 aromatic rings. The molecular formula is C18H26O7S. The first-order valence-electron chi connectivity index (χ1n) is 8.49. The molecule has 0 spiro atoms. The van der Waals surface area contributed by atoms with Gasteiger partial charge in [-0.3, -0.25) is 0 Å². The summed E-state index contributed by atoms with van der Waals surface area (Å²) in [5, 5.41) is 20.7. The van der Waals surface area contributed by atoms with Crippen LogP contribution in [-0.4, -0.2) is 72.5 Å². The zero-order valence-electron chi connectivity index (χ0n) is 15.3. The van der Waals surface area contributed by atoms with Crippen LogP contribution >= 0.6 is 11.8 Å². The van der Waals surface area contributed by atoms with Crippen LogP contribution in [0.25, 0.3) is 0 Å². The second-order valence-electron chi connectivity index (χ2n) is 6.61. The van der Waals surface area contributed by atoms with Gasteiger partial charge < -0.3 is 33.9 Å². The van der Waals surface area contributed by atoms with Gasteiger partial charge in [-0.2, -0.15) is 0 Å². The van der Waals surface area contributed by atoms with E-state index in [0.29, 0.717) is 0 Å². The van der Waals surface area contributed by atoms with E-state index >= 15 is 0 Å². The topological polar surface area (TPSA) is 86.6 Å². The largest absolute Gasteiger partial charge is 0.394 e. The van der Waals surface area contributed by atoms with Crippen molar-refractivity contribution < 1.29 is 33.9 Å². The molecule has 2 fully saturated rings. The number of fused-ring (bicyclic) bond motifs is 1. The summed E-state index contributed by atoms with van der Waals surface area (Å²) in [4.78, 5) is 0.944. The number of aliphatic hydroxyl groups is 2. The molecule has 26 heavy (non-hydrogen) atoms. The smallest absolute Gasteiger partial charge is 0.220 e. The number of aliphatic hydroxyl groups excluding tert-OH is 2. The zero-order valence-corrected chi connectivity index (χ0v) is 16.1. The van der Waals surface area contributed by atoms with Crippen molar-refractivity contribution >= 4 is 11.8 Å². The molecular weight excluding hydrogens is 360 g/mol. The van der Waals surface area contributed by atoms with E-state index in [-0.39, 0.29) is 6.61 Å². The number of methoxy groups -OCH3 is 2. The van der Waals surface area contributed by atoms with Crippen LogP contribution in [0.5, 0.6) is 0 Å². The van der Waals surface area contributed by atoms with Gasteiger partial charge in [0.15, 0.2) is 0 Å². The molecule has 0 aromatic heterocycles. The number of thioether (sulfide) groups is 1. The second kappa shape index (κ2) is 7.73. The Kier molecular flexibility index (Phi) is 5.96. The van der Waals surface area contributed by atoms with Gasteiger partial charge in [0.1, 0.15) is 29.9 Å². The molecule has 2 aliphatic rings. The summed E-state index contributed by atoms with van der Waals surface area (Å²) in [5.41, 5.74) is -0.618. The lowest BCUT2D eigenvalue weighted by Gasteiger charge is -2.56. The Labute approximate surface area is 157 Å². The third-order valence-corrected chi connectivity index (χ3v) is 6.28. The van der Waals surface area contributed by atoms with Crippen molar-refractivity contribution in [3.05, 3.63) is 30.3 Å². The Bertz CT molecular complexity index is 602. The molecule has 0 saturated carbocycles. The predicted molar refractivity (Wildman–Crippen MR) is 94.6 cm³/mol. The average Bonchev–Trinajstić information content (AvgIpc) is 2.66. The lowest BCUT2D eigenvalue weighted by atomic mass is 9.95. The summed E-state index contributed by atoms with van der Waals surface area (Å²) >= 11 is 1.37. The van der Waals surface area contributed by atoms with Gasteiger partial charge in [0.25, 0.3) is 0 Å². The van der Waals surface area contributed by atoms with Crippen molar-refractivity contribution in [2.45, 2.75) is 60.2 Å². The minimum absolute atomic E-state index is 0.271. The third-order valence-electron chi connectivity index (χ3n) is 5.12. The Hall–Kier alpha value is -0.710. The molecule has 8 heteroatoms. The summed E-state index contributed by atoms with van der Waals surface area (Å²) in [6.07, 6.45) is -3.09. The first-order chi connectivity index (χ1) is 12.4. The fourth-order valence-electron chi connectivity index (χ4n) is 3.25. The highest BCUT2D eigenvalue weighted by molar-refractivity contribution is 7.99. The third kappa shape index (κ3) is 3.41. The van der Waals surface area contributed by atoms with Gasteiger partial charge in [-0.1, -0.05) is 30.0 Å². The second-order valence-corrected chi connectivity index (χ2v) is 7.78. The highest BCUT2D eigenvalue weighted by Crippen LogP contribution is 2.45. The van der Waals surface area contributed by atoms with Gasteiger partial charge in [-0.25, -0.2) is 0 Å². The first kappa shape index (κ1) is 20.0. The van der Waals surface area contributed by atoms with Crippen molar-refractivity contribution in [1.82, 2.24) is 0 Å². The molecule has 1 aromatic carbocycles. The number of ether oxygens (including phenoxy) is 5. The first-order valence-corrected chi connectivity index (χ1v) is 9.37. The molecule has 0 bridgehead atoms. The van der Waals surface area contributed by atoms with Crippen molar-refractivity contribution in [1.29, 1.82) is 0 Å². The van der Waals surface area contributed by atoms with Crippen molar-refractivity contribution in [3.63, 3.8) is 0 Å². The fourth-order valence-corrected chi connectivity index (χ4v) is 4.32. The Morgan fingerprint density at radius 2 is 1.62 bits per heavy atom. The molecule has 7 nitrogen and oxygen atoms in total. The normalized spacial score (nSPS) is 43.1. The Morgan fingerprint density at radius 3 is 2.15 bits per heavy atom. The average molecular weight is 386 g/mol. The maximum atomic E-state index is 10.9. The molecule has 146 valence electrons. The monoisotopic (exact) mass is 386 g/mol. The SMILES string of the molecule is COC1(C)O[C@@H]2[C@H](O)[C@@H](Sc3ccccc3)O[C@H](CO)[C@H]2OC1(C)OC. The van der Waals surface area contributed by atoms with E-state index in [0.717, 1.165) is 4.90 Å². The van der Waals surface area contributed by atoms with Crippen LogP contribution < -0.4 is 0 Å². The summed E-state index contributed by atoms with van der Waals surface area (Å²) in [5.74, 6) is -2.46. The Morgan fingerprint density at radius 1 is 1.04 bits per heavy atom. The zero-order chi connectivity index (χ0) is 18.9. The van der Waals surface area contributed by atoms with Crippen LogP contribution in [0.15, 0.2) is 35.2 Å². The highest BCUT2D eigenvalue weighted by atomic mass is 32.2. The van der Waals surface area contributed by atoms with Crippen molar-refractivity contribution in [3.8, 4) is 0 Å². The van der Waals surface area contributed by atoms with E-state index in [1.165, 1.54) is 26.0 Å². The van der Waals surface area contributed by atoms with E-state index in [4.69, 9.17) is 23.7 Å². The van der Waals surface area contributed by atoms with Crippen molar-refractivity contribution in [2.75, 3.05) is 20.8 Å². The lowest BCUT2D eigenvalue weighted by Crippen LogP contribution is -2.72. The molecule has 0 aliphatic carbocycles. The molecule has 0 amide bonds. The van der Waals surface area contributed by atoms with Crippen LogP contribution in [-0.2, 0) is 23.7 Å². The minimum Gasteiger partial charge on any atom is -0.394 e. The predicted octanol–water partition coefficient (Wildman–Crippen LogP) is 1.37. The number of rotatable bonds is 5. The summed E-state index contributed by atoms with van der Waals surface area (Å²) in [6.45, 7) is 3.12. The minimum atomic E-state index is -1.23. The van der Waals surface area contributed by atoms with Gasteiger partial charge in [0.2, 0.25) is 11.6 Å². The van der Waals surface area contributed by atoms with E-state index in [2.05, 4.69) is 0 Å². The molecule has 3 rings (SSSR count). The van der Waals surface area contributed by atoms with E-state index in [1.807, 2.05) is 30.3 Å². The van der Waals surface area contributed by atoms with Gasteiger partial charge in [0, 0.05) is 19.1 Å². The van der Waals surface area contributed by atoms with Crippen LogP contribution in [0.1, 0.15) is 13.8 Å². The molecule has 2 saturated heterocycles. The standard InChI is InChI=1S/C18H26O7S/c1-17(21-3)18(2,22-4)25-15-13(20)16(23-12(10-19)14(15)24-17)26-11-8-6-5-7-9-11/h5-9,12-16,19-20H,10H2,1-4H3/t12-,13+,14-,15-,16-,17?,18?/m1/s1. The van der Waals surface area contributed by atoms with E-state index in [1.54, 1.807) is 13.8 Å². The van der Waals surface area contributed by atoms with Crippen LogP contribution in [0, 0.1) is 0 Å². The van der Waals surface area contributed by atoms with Crippen LogP contribution in [0.4, 0.5) is 0 Å². The number of benzene rings is 1. The van der Waals surface area contributed by atoms with Crippen LogP contribution in [0.2, 0.25) is 0 Å². The maximum absolute atomic E-state index is 10.9.